The zero-order chi connectivity index (χ0) is 22.5. The second kappa shape index (κ2) is 9.43. The summed E-state index contributed by atoms with van der Waals surface area (Å²) in [6.45, 7) is 10.7. The first-order valence-corrected chi connectivity index (χ1v) is 9.61. The normalized spacial score (nSPS) is 12.2. The van der Waals surface area contributed by atoms with Gasteiger partial charge >= 0.3 is 12.1 Å². The summed E-state index contributed by atoms with van der Waals surface area (Å²) in [7, 11) is 0. The Morgan fingerprint density at radius 3 is 2.20 bits per heavy atom. The number of carbonyl (C=O) groups excluding carboxylic acids is 3. The molecule has 0 fully saturated rings. The zero-order valence-electron chi connectivity index (χ0n) is 18.1. The summed E-state index contributed by atoms with van der Waals surface area (Å²) in [5.41, 5.74) is 0.0994. The summed E-state index contributed by atoms with van der Waals surface area (Å²) in [5.74, 6) is -0.594. The van der Waals surface area contributed by atoms with Crippen LogP contribution < -0.4 is 10.6 Å². The second-order valence-electron chi connectivity index (χ2n) is 8.00. The molecular weight excluding hydrogens is 388 g/mol. The van der Waals surface area contributed by atoms with Gasteiger partial charge < -0.3 is 14.8 Å². The number of benzene rings is 1. The first-order valence-electron chi connectivity index (χ1n) is 9.61. The maximum Gasteiger partial charge on any atom is 0.412 e. The fourth-order valence-corrected chi connectivity index (χ4v) is 2.45. The van der Waals surface area contributed by atoms with Gasteiger partial charge in [-0.3, -0.25) is 10.1 Å². The molecule has 2 rings (SSSR count). The van der Waals surface area contributed by atoms with Crippen molar-refractivity contribution >= 4 is 29.5 Å². The molecule has 0 aliphatic rings. The molecule has 9 nitrogen and oxygen atoms in total. The van der Waals surface area contributed by atoms with Crippen molar-refractivity contribution in [2.75, 3.05) is 10.6 Å². The Hall–Kier alpha value is -3.36. The molecule has 162 valence electrons. The molecule has 1 atom stereocenters. The number of carbonyl (C=O) groups is 3. The molecule has 1 aromatic heterocycles. The van der Waals surface area contributed by atoms with E-state index in [-0.39, 0.29) is 11.6 Å². The molecule has 0 radical (unpaired) electrons. The van der Waals surface area contributed by atoms with Gasteiger partial charge in [-0.15, -0.1) is 0 Å². The van der Waals surface area contributed by atoms with Crippen LogP contribution in [0.2, 0.25) is 0 Å². The molecule has 0 aliphatic heterocycles. The summed E-state index contributed by atoms with van der Waals surface area (Å²) < 4.78 is 12.1. The van der Waals surface area contributed by atoms with E-state index in [1.54, 1.807) is 49.8 Å². The summed E-state index contributed by atoms with van der Waals surface area (Å²) >= 11 is 0. The van der Waals surface area contributed by atoms with E-state index in [0.29, 0.717) is 11.5 Å². The third-order valence-corrected chi connectivity index (χ3v) is 3.83. The molecule has 2 amide bonds. The number of rotatable bonds is 6. The van der Waals surface area contributed by atoms with Crippen molar-refractivity contribution in [2.24, 2.45) is 0 Å². The number of ether oxygens (including phenoxy) is 2. The van der Waals surface area contributed by atoms with Crippen LogP contribution in [0.15, 0.2) is 36.5 Å². The van der Waals surface area contributed by atoms with E-state index < -0.39 is 29.7 Å². The van der Waals surface area contributed by atoms with Crippen LogP contribution in [0.4, 0.5) is 16.3 Å². The van der Waals surface area contributed by atoms with Gasteiger partial charge in [0.15, 0.2) is 6.10 Å². The molecule has 0 spiro atoms. The second-order valence-corrected chi connectivity index (χ2v) is 8.00. The van der Waals surface area contributed by atoms with Crippen molar-refractivity contribution in [3.8, 4) is 0 Å². The lowest BCUT2D eigenvalue weighted by Gasteiger charge is -2.19. The third kappa shape index (κ3) is 6.61. The number of esters is 1. The molecule has 0 saturated heterocycles. The highest BCUT2D eigenvalue weighted by Crippen LogP contribution is 2.16. The lowest BCUT2D eigenvalue weighted by molar-refractivity contribution is -0.123. The summed E-state index contributed by atoms with van der Waals surface area (Å²) in [6, 6.07) is 7.82. The van der Waals surface area contributed by atoms with Crippen molar-refractivity contribution < 1.29 is 23.9 Å². The van der Waals surface area contributed by atoms with Crippen LogP contribution in [0, 0.1) is 0 Å². The van der Waals surface area contributed by atoms with Crippen molar-refractivity contribution in [3.05, 3.63) is 42.1 Å². The monoisotopic (exact) mass is 416 g/mol. The van der Waals surface area contributed by atoms with E-state index in [1.807, 2.05) is 13.8 Å². The van der Waals surface area contributed by atoms with E-state index in [4.69, 9.17) is 9.47 Å². The molecule has 1 heterocycles. The van der Waals surface area contributed by atoms with Gasteiger partial charge in [-0.2, -0.15) is 5.10 Å². The molecule has 0 bridgehead atoms. The van der Waals surface area contributed by atoms with Gasteiger partial charge in [-0.05, 0) is 65.8 Å². The Bertz CT molecular complexity index is 897. The number of aromatic nitrogens is 2. The van der Waals surface area contributed by atoms with E-state index in [1.165, 1.54) is 19.1 Å². The quantitative estimate of drug-likeness (QED) is 0.689. The standard InChI is InChI=1S/C21H28N4O5/c1-13(2)25-17(11-12-22-25)24-18(26)14(3)29-19(27)15-7-9-16(10-8-15)23-20(28)30-21(4,5)6/h7-14H,1-6H3,(H,23,28)(H,24,26)/t14-/m0/s1. The third-order valence-electron chi connectivity index (χ3n) is 3.83. The number of hydrogen-bond acceptors (Lipinski definition) is 6. The number of nitrogens with zero attached hydrogens (tertiary/aromatic N) is 2. The SMILES string of the molecule is CC(C)n1nccc1NC(=O)[C@H](C)OC(=O)c1ccc(NC(=O)OC(C)(C)C)cc1. The molecule has 2 aromatic rings. The largest absolute Gasteiger partial charge is 0.449 e. The van der Waals surface area contributed by atoms with Crippen molar-refractivity contribution in [3.63, 3.8) is 0 Å². The van der Waals surface area contributed by atoms with Gasteiger partial charge in [0.25, 0.3) is 5.91 Å². The smallest absolute Gasteiger partial charge is 0.412 e. The molecule has 0 unspecified atom stereocenters. The van der Waals surface area contributed by atoms with Crippen LogP contribution in [0.1, 0.15) is 57.9 Å². The maximum atomic E-state index is 12.4. The van der Waals surface area contributed by atoms with Gasteiger partial charge in [0.2, 0.25) is 0 Å². The Labute approximate surface area is 175 Å². The van der Waals surface area contributed by atoms with Gasteiger partial charge in [-0.25, -0.2) is 14.3 Å². The van der Waals surface area contributed by atoms with Crippen LogP contribution in [0.3, 0.4) is 0 Å². The van der Waals surface area contributed by atoms with E-state index >= 15 is 0 Å². The minimum atomic E-state index is -1.01. The topological polar surface area (TPSA) is 112 Å². The van der Waals surface area contributed by atoms with Crippen molar-refractivity contribution in [1.29, 1.82) is 0 Å². The molecule has 30 heavy (non-hydrogen) atoms. The average molecular weight is 416 g/mol. The predicted molar refractivity (Wildman–Crippen MR) is 112 cm³/mol. The number of amides is 2. The minimum absolute atomic E-state index is 0.0703. The highest BCUT2D eigenvalue weighted by Gasteiger charge is 2.21. The Balaban J connectivity index is 1.92. The summed E-state index contributed by atoms with van der Waals surface area (Å²) in [4.78, 5) is 36.5. The number of anilines is 2. The molecular formula is C21H28N4O5. The predicted octanol–water partition coefficient (Wildman–Crippen LogP) is 4.00. The van der Waals surface area contributed by atoms with Crippen molar-refractivity contribution in [1.82, 2.24) is 9.78 Å². The highest BCUT2D eigenvalue weighted by atomic mass is 16.6. The first kappa shape index (κ1) is 22.9. The summed E-state index contributed by atoms with van der Waals surface area (Å²) in [5, 5.41) is 9.42. The molecule has 0 aliphatic carbocycles. The van der Waals surface area contributed by atoms with Gasteiger partial charge in [0.05, 0.1) is 11.8 Å². The van der Waals surface area contributed by atoms with E-state index in [9.17, 15) is 14.4 Å². The maximum absolute atomic E-state index is 12.4. The average Bonchev–Trinajstić information content (AvgIpc) is 3.08. The highest BCUT2D eigenvalue weighted by molar-refractivity contribution is 5.97. The molecule has 0 saturated carbocycles. The van der Waals surface area contributed by atoms with Crippen molar-refractivity contribution in [2.45, 2.75) is 59.3 Å². The fraction of sp³-hybridized carbons (Fsp3) is 0.429. The van der Waals surface area contributed by atoms with Gasteiger partial charge in [-0.1, -0.05) is 0 Å². The fourth-order valence-electron chi connectivity index (χ4n) is 2.45. The van der Waals surface area contributed by atoms with Gasteiger partial charge in [0, 0.05) is 17.8 Å². The molecule has 2 N–H and O–H groups in total. The lowest BCUT2D eigenvalue weighted by atomic mass is 10.2. The van der Waals surface area contributed by atoms with Crippen LogP contribution >= 0.6 is 0 Å². The van der Waals surface area contributed by atoms with Crippen LogP contribution in [0.5, 0.6) is 0 Å². The van der Waals surface area contributed by atoms with E-state index in [0.717, 1.165) is 0 Å². The Morgan fingerprint density at radius 2 is 1.63 bits per heavy atom. The zero-order valence-corrected chi connectivity index (χ0v) is 18.1. The number of hydrogen-bond donors (Lipinski definition) is 2. The number of nitrogens with one attached hydrogen (secondary N) is 2. The Kier molecular flexibility index (Phi) is 7.20. The minimum Gasteiger partial charge on any atom is -0.449 e. The van der Waals surface area contributed by atoms with Crippen LogP contribution in [-0.4, -0.2) is 39.5 Å². The Morgan fingerprint density at radius 1 is 1.00 bits per heavy atom. The first-order chi connectivity index (χ1) is 14.0. The van der Waals surface area contributed by atoms with Crippen LogP contribution in [0.25, 0.3) is 0 Å². The summed E-state index contributed by atoms with van der Waals surface area (Å²) in [6.07, 6.45) is -0.0181. The molecule has 1 aromatic carbocycles. The molecule has 9 heteroatoms. The van der Waals surface area contributed by atoms with E-state index in [2.05, 4.69) is 15.7 Å². The van der Waals surface area contributed by atoms with Gasteiger partial charge in [0.1, 0.15) is 11.4 Å². The van der Waals surface area contributed by atoms with Crippen LogP contribution in [-0.2, 0) is 14.3 Å². The lowest BCUT2D eigenvalue weighted by Crippen LogP contribution is -2.31.